The van der Waals surface area contributed by atoms with Gasteiger partial charge in [0.15, 0.2) is 11.6 Å². The number of carbonyl (C=O) groups excluding carboxylic acids is 2. The van der Waals surface area contributed by atoms with E-state index in [0.29, 0.717) is 23.4 Å². The van der Waals surface area contributed by atoms with Crippen LogP contribution in [0.1, 0.15) is 59.5 Å². The van der Waals surface area contributed by atoms with Gasteiger partial charge in [-0.25, -0.2) is 8.78 Å². The van der Waals surface area contributed by atoms with Gasteiger partial charge in [0.1, 0.15) is 11.6 Å². The van der Waals surface area contributed by atoms with Gasteiger partial charge in [-0.1, -0.05) is 13.3 Å². The van der Waals surface area contributed by atoms with Crippen LogP contribution in [0.5, 0.6) is 0 Å². The molecule has 1 aromatic carbocycles. The van der Waals surface area contributed by atoms with Gasteiger partial charge in [0.05, 0.1) is 18.2 Å². The Bertz CT molecular complexity index is 1480. The molecule has 0 aliphatic heterocycles. The van der Waals surface area contributed by atoms with Gasteiger partial charge in [-0.15, -0.1) is 0 Å². The molecule has 0 unspecified atom stereocenters. The lowest BCUT2D eigenvalue weighted by molar-refractivity contribution is -0.137. The molecule has 3 rings (SSSR count). The summed E-state index contributed by atoms with van der Waals surface area (Å²) in [5.74, 6) is -5.46. The molecule has 0 aliphatic rings. The van der Waals surface area contributed by atoms with Crippen molar-refractivity contribution in [2.24, 2.45) is 14.1 Å². The number of hydrogen-bond acceptors (Lipinski definition) is 5. The molecule has 0 fully saturated rings. The van der Waals surface area contributed by atoms with Crippen molar-refractivity contribution in [3.8, 4) is 11.1 Å². The van der Waals surface area contributed by atoms with Gasteiger partial charge in [0.2, 0.25) is 5.91 Å². The number of nitrogens with one attached hydrogen (secondary N) is 2. The number of amides is 2. The number of carboxylic acid groups (broad SMARTS) is 1. The number of pyridine rings is 1. The van der Waals surface area contributed by atoms with Crippen molar-refractivity contribution in [1.82, 2.24) is 25.0 Å². The zero-order valence-corrected chi connectivity index (χ0v) is 22.3. The van der Waals surface area contributed by atoms with Crippen molar-refractivity contribution in [1.29, 1.82) is 0 Å². The summed E-state index contributed by atoms with van der Waals surface area (Å²) in [6.45, 7) is 5.22. The van der Waals surface area contributed by atoms with Crippen molar-refractivity contribution < 1.29 is 28.3 Å². The van der Waals surface area contributed by atoms with E-state index in [9.17, 15) is 28.7 Å². The van der Waals surface area contributed by atoms with Crippen LogP contribution in [-0.4, -0.2) is 43.3 Å². The number of hydrogen-bond donors (Lipinski definition) is 3. The maximum atomic E-state index is 15.1. The van der Waals surface area contributed by atoms with E-state index in [-0.39, 0.29) is 23.1 Å². The highest BCUT2D eigenvalue weighted by atomic mass is 19.2. The number of halogens is 2. The van der Waals surface area contributed by atoms with Crippen LogP contribution in [0.2, 0.25) is 0 Å². The van der Waals surface area contributed by atoms with Gasteiger partial charge >= 0.3 is 5.97 Å². The SMILES string of the molecule is CCC[C@H](NC(=O)c1cccn(C)c1=O)C(=O)N[C@@H](CC(=O)O)c1cc(-c2c(C)nn(C)c2C)cc(F)c1F. The Balaban J connectivity index is 1.97. The minimum atomic E-state index is -1.46. The molecule has 0 saturated carbocycles. The van der Waals surface area contributed by atoms with Crippen LogP contribution in [0.3, 0.4) is 0 Å². The lowest BCUT2D eigenvalue weighted by atomic mass is 9.95. The molecule has 3 aromatic rings. The Morgan fingerprint density at radius 2 is 1.82 bits per heavy atom. The first-order chi connectivity index (χ1) is 18.3. The van der Waals surface area contributed by atoms with Gasteiger partial charge in [-0.05, 0) is 50.1 Å². The third kappa shape index (κ3) is 6.39. The lowest BCUT2D eigenvalue weighted by Crippen LogP contribution is -2.49. The Morgan fingerprint density at radius 3 is 2.41 bits per heavy atom. The lowest BCUT2D eigenvalue weighted by Gasteiger charge is -2.24. The van der Waals surface area contributed by atoms with Crippen LogP contribution in [0.15, 0.2) is 35.3 Å². The normalized spacial score (nSPS) is 12.6. The molecule has 208 valence electrons. The first kappa shape index (κ1) is 29.2. The summed E-state index contributed by atoms with van der Waals surface area (Å²) in [6, 6.07) is 2.49. The second-order valence-electron chi connectivity index (χ2n) is 9.34. The molecule has 0 saturated heterocycles. The third-order valence-electron chi connectivity index (χ3n) is 6.49. The van der Waals surface area contributed by atoms with E-state index in [4.69, 9.17) is 0 Å². The molecule has 0 radical (unpaired) electrons. The molecule has 39 heavy (non-hydrogen) atoms. The fourth-order valence-corrected chi connectivity index (χ4v) is 4.45. The minimum Gasteiger partial charge on any atom is -0.481 e. The standard InChI is InChI=1S/C27H31F2N5O5/c1-6-8-20(30-25(37)17-9-7-10-33(4)27(17)39)26(38)31-21(13-22(35)36)18-11-16(12-19(28)24(18)29)23-14(2)32-34(5)15(23)3/h7,9-12,20-21H,6,8,13H2,1-5H3,(H,30,37)(H,31,38)(H,35,36)/t20-,21-/m0/s1. The Labute approximate surface area is 223 Å². The van der Waals surface area contributed by atoms with E-state index >= 15 is 4.39 Å². The van der Waals surface area contributed by atoms with E-state index < -0.39 is 53.5 Å². The van der Waals surface area contributed by atoms with Crippen LogP contribution in [0, 0.1) is 25.5 Å². The van der Waals surface area contributed by atoms with Crippen molar-refractivity contribution >= 4 is 17.8 Å². The maximum absolute atomic E-state index is 15.1. The second kappa shape index (κ2) is 12.0. The molecule has 0 bridgehead atoms. The fourth-order valence-electron chi connectivity index (χ4n) is 4.45. The number of carbonyl (C=O) groups is 3. The number of aliphatic carboxylic acids is 1. The van der Waals surface area contributed by atoms with Crippen LogP contribution >= 0.6 is 0 Å². The second-order valence-corrected chi connectivity index (χ2v) is 9.34. The molecule has 10 nitrogen and oxygen atoms in total. The number of rotatable bonds is 10. The highest BCUT2D eigenvalue weighted by molar-refractivity contribution is 5.97. The summed E-state index contributed by atoms with van der Waals surface area (Å²) in [5, 5.41) is 18.8. The topological polar surface area (TPSA) is 135 Å². The van der Waals surface area contributed by atoms with Crippen LogP contribution in [0.4, 0.5) is 8.78 Å². The van der Waals surface area contributed by atoms with E-state index in [0.717, 1.165) is 6.07 Å². The molecule has 12 heteroatoms. The molecular formula is C27H31F2N5O5. The first-order valence-corrected chi connectivity index (χ1v) is 12.3. The molecule has 2 amide bonds. The molecule has 2 aromatic heterocycles. The molecule has 0 aliphatic carbocycles. The van der Waals surface area contributed by atoms with Gasteiger partial charge in [-0.2, -0.15) is 5.10 Å². The smallest absolute Gasteiger partial charge is 0.305 e. The summed E-state index contributed by atoms with van der Waals surface area (Å²) in [6.07, 6.45) is 1.33. The number of aromatic nitrogens is 3. The Hall–Kier alpha value is -4.35. The quantitative estimate of drug-likeness (QED) is 0.360. The summed E-state index contributed by atoms with van der Waals surface area (Å²) in [4.78, 5) is 50.0. The highest BCUT2D eigenvalue weighted by Gasteiger charge is 2.29. The van der Waals surface area contributed by atoms with Crippen molar-refractivity contribution in [3.05, 3.63) is 75.0 Å². The van der Waals surface area contributed by atoms with Gasteiger partial charge in [-0.3, -0.25) is 23.9 Å². The summed E-state index contributed by atoms with van der Waals surface area (Å²) >= 11 is 0. The largest absolute Gasteiger partial charge is 0.481 e. The minimum absolute atomic E-state index is 0.148. The van der Waals surface area contributed by atoms with Crippen LogP contribution in [-0.2, 0) is 23.7 Å². The Kier molecular flexibility index (Phi) is 9.00. The number of benzene rings is 1. The fraction of sp³-hybridized carbons (Fsp3) is 0.370. The zero-order chi connectivity index (χ0) is 29.0. The molecule has 2 heterocycles. The molecular weight excluding hydrogens is 512 g/mol. The van der Waals surface area contributed by atoms with Gasteiger partial charge < -0.3 is 20.3 Å². The Morgan fingerprint density at radius 1 is 1.13 bits per heavy atom. The zero-order valence-electron chi connectivity index (χ0n) is 22.3. The van der Waals surface area contributed by atoms with Gasteiger partial charge in [0, 0.05) is 37.1 Å². The average Bonchev–Trinajstić information content (AvgIpc) is 3.12. The maximum Gasteiger partial charge on any atom is 0.305 e. The monoisotopic (exact) mass is 543 g/mol. The van der Waals surface area contributed by atoms with Crippen molar-refractivity contribution in [3.63, 3.8) is 0 Å². The van der Waals surface area contributed by atoms with Gasteiger partial charge in [0.25, 0.3) is 11.5 Å². The van der Waals surface area contributed by atoms with Crippen molar-refractivity contribution in [2.45, 2.75) is 52.1 Å². The van der Waals surface area contributed by atoms with E-state index in [1.165, 1.54) is 36.0 Å². The van der Waals surface area contributed by atoms with Crippen molar-refractivity contribution in [2.75, 3.05) is 0 Å². The molecule has 0 spiro atoms. The summed E-state index contributed by atoms with van der Waals surface area (Å²) in [5.41, 5.74) is 0.962. The number of nitrogens with zero attached hydrogens (tertiary/aromatic N) is 3. The molecule has 2 atom stereocenters. The van der Waals surface area contributed by atoms with Crippen LogP contribution in [0.25, 0.3) is 11.1 Å². The van der Waals surface area contributed by atoms with E-state index in [1.807, 2.05) is 0 Å². The molecule has 3 N–H and O–H groups in total. The van der Waals surface area contributed by atoms with Crippen LogP contribution < -0.4 is 16.2 Å². The van der Waals surface area contributed by atoms with E-state index in [2.05, 4.69) is 15.7 Å². The number of carboxylic acids is 1. The predicted molar refractivity (Wildman–Crippen MR) is 139 cm³/mol. The summed E-state index contributed by atoms with van der Waals surface area (Å²) < 4.78 is 32.7. The highest BCUT2D eigenvalue weighted by Crippen LogP contribution is 2.32. The predicted octanol–water partition coefficient (Wildman–Crippen LogP) is 2.91. The number of aryl methyl sites for hydroxylation is 3. The first-order valence-electron chi connectivity index (χ1n) is 12.3. The summed E-state index contributed by atoms with van der Waals surface area (Å²) in [7, 11) is 3.18. The van der Waals surface area contributed by atoms with E-state index in [1.54, 1.807) is 32.5 Å². The third-order valence-corrected chi connectivity index (χ3v) is 6.49. The average molecular weight is 544 g/mol.